The average molecular weight is 380 g/mol. The van der Waals surface area contributed by atoms with Crippen LogP contribution in [0.15, 0.2) is 0 Å². The Morgan fingerprint density at radius 3 is 2.60 bits per heavy atom. The van der Waals surface area contributed by atoms with Gasteiger partial charge < -0.3 is 10.2 Å². The molecule has 0 unspecified atom stereocenters. The van der Waals surface area contributed by atoms with Crippen molar-refractivity contribution in [3.63, 3.8) is 0 Å². The van der Waals surface area contributed by atoms with Crippen LogP contribution in [0.3, 0.4) is 0 Å². The first-order valence-corrected chi connectivity index (χ1v) is 9.61. The highest BCUT2D eigenvalue weighted by Gasteiger charge is 2.33. The molecule has 0 aromatic carbocycles. The largest absolute Gasteiger partial charge is 0.418 e. The van der Waals surface area contributed by atoms with Gasteiger partial charge in [-0.2, -0.15) is 13.9 Å². The topological polar surface area (TPSA) is 146 Å². The van der Waals surface area contributed by atoms with Gasteiger partial charge in [-0.1, -0.05) is 6.42 Å². The van der Waals surface area contributed by atoms with Crippen molar-refractivity contribution in [2.24, 2.45) is 0 Å². The number of hydroxylamine groups is 2. The van der Waals surface area contributed by atoms with E-state index >= 15 is 0 Å². The second-order valence-corrected chi connectivity index (χ2v) is 7.07. The Kier molecular flexibility index (Phi) is 7.38. The third-order valence-corrected chi connectivity index (χ3v) is 4.46. The minimum atomic E-state index is -4.81. The fraction of sp³-hybridized carbons (Fsp3) is 0.846. The van der Waals surface area contributed by atoms with Crippen LogP contribution in [-0.2, 0) is 24.3 Å². The van der Waals surface area contributed by atoms with E-state index in [4.69, 9.17) is 9.39 Å². The number of amides is 3. The normalized spacial score (nSPS) is 24.6. The van der Waals surface area contributed by atoms with E-state index in [1.54, 1.807) is 5.48 Å². The van der Waals surface area contributed by atoms with Crippen molar-refractivity contribution >= 4 is 22.3 Å². The molecule has 0 aliphatic carbocycles. The Bertz CT molecular complexity index is 565. The highest BCUT2D eigenvalue weighted by molar-refractivity contribution is 7.80. The predicted molar refractivity (Wildman–Crippen MR) is 85.2 cm³/mol. The molecule has 144 valence electrons. The standard InChI is InChI=1S/C13H24N4O7S/c18-12(15-23-9-10-5-1-3-7-14-10)11-6-2-4-8-17(11)13(19)16-24-25(20,21)22/h10-11,14H,1-9H2,(H,15,18)(H,16,19)(H,20,21,22)/t10-,11-/m0/s1. The van der Waals surface area contributed by atoms with Gasteiger partial charge in [-0.25, -0.2) is 10.3 Å². The number of likely N-dealkylation sites (tertiary alicyclic amines) is 1. The van der Waals surface area contributed by atoms with E-state index < -0.39 is 28.4 Å². The average Bonchev–Trinajstić information content (AvgIpc) is 2.60. The Morgan fingerprint density at radius 1 is 1.16 bits per heavy atom. The van der Waals surface area contributed by atoms with Crippen molar-refractivity contribution in [3.05, 3.63) is 0 Å². The molecule has 0 aromatic heterocycles. The van der Waals surface area contributed by atoms with Gasteiger partial charge in [-0.05, 0) is 38.6 Å². The van der Waals surface area contributed by atoms with Gasteiger partial charge in [0.2, 0.25) is 0 Å². The molecule has 3 amide bonds. The van der Waals surface area contributed by atoms with Gasteiger partial charge in [0, 0.05) is 12.6 Å². The van der Waals surface area contributed by atoms with E-state index in [1.807, 2.05) is 0 Å². The Balaban J connectivity index is 1.81. The molecule has 25 heavy (non-hydrogen) atoms. The van der Waals surface area contributed by atoms with Gasteiger partial charge >= 0.3 is 16.4 Å². The first-order valence-electron chi connectivity index (χ1n) is 8.24. The van der Waals surface area contributed by atoms with E-state index in [0.717, 1.165) is 37.1 Å². The fourth-order valence-corrected chi connectivity index (χ4v) is 3.12. The van der Waals surface area contributed by atoms with Crippen LogP contribution in [0.5, 0.6) is 0 Å². The number of nitrogens with one attached hydrogen (secondary N) is 3. The lowest BCUT2D eigenvalue weighted by atomic mass is 10.0. The lowest BCUT2D eigenvalue weighted by Crippen LogP contribution is -2.55. The number of nitrogens with zero attached hydrogens (tertiary/aromatic N) is 1. The van der Waals surface area contributed by atoms with Crippen LogP contribution in [0.25, 0.3) is 0 Å². The number of hydrogen-bond acceptors (Lipinski definition) is 7. The van der Waals surface area contributed by atoms with Gasteiger partial charge in [0.25, 0.3) is 5.91 Å². The number of rotatable bonds is 6. The maximum atomic E-state index is 12.3. The molecule has 11 nitrogen and oxygen atoms in total. The summed E-state index contributed by atoms with van der Waals surface area (Å²) >= 11 is 0. The monoisotopic (exact) mass is 380 g/mol. The maximum Gasteiger partial charge on any atom is 0.418 e. The molecule has 2 saturated heterocycles. The van der Waals surface area contributed by atoms with E-state index in [1.165, 1.54) is 0 Å². The van der Waals surface area contributed by atoms with E-state index in [2.05, 4.69) is 15.1 Å². The van der Waals surface area contributed by atoms with Gasteiger partial charge in [0.15, 0.2) is 0 Å². The minimum absolute atomic E-state index is 0.183. The summed E-state index contributed by atoms with van der Waals surface area (Å²) in [6, 6.07) is -1.55. The summed E-state index contributed by atoms with van der Waals surface area (Å²) in [5, 5.41) is 3.28. The first kappa shape index (κ1) is 19.8. The molecule has 2 atom stereocenters. The Morgan fingerprint density at radius 2 is 1.92 bits per heavy atom. The molecule has 0 aromatic rings. The van der Waals surface area contributed by atoms with Gasteiger partial charge in [0.05, 0.1) is 6.61 Å². The van der Waals surface area contributed by atoms with Crippen LogP contribution in [0.1, 0.15) is 38.5 Å². The molecule has 12 heteroatoms. The second kappa shape index (κ2) is 9.29. The van der Waals surface area contributed by atoms with Crippen molar-refractivity contribution < 1.29 is 31.7 Å². The molecular weight excluding hydrogens is 356 g/mol. The van der Waals surface area contributed by atoms with Crippen molar-refractivity contribution in [1.82, 2.24) is 21.2 Å². The molecule has 2 heterocycles. The zero-order valence-electron chi connectivity index (χ0n) is 13.8. The summed E-state index contributed by atoms with van der Waals surface area (Å²) in [6.45, 7) is 1.51. The van der Waals surface area contributed by atoms with Crippen molar-refractivity contribution in [1.29, 1.82) is 0 Å². The van der Waals surface area contributed by atoms with Gasteiger partial charge in [-0.15, -0.1) is 4.28 Å². The van der Waals surface area contributed by atoms with Crippen LogP contribution in [-0.4, -0.2) is 61.6 Å². The van der Waals surface area contributed by atoms with Crippen molar-refractivity contribution in [2.45, 2.75) is 50.6 Å². The Hall–Kier alpha value is -1.47. The van der Waals surface area contributed by atoms with Gasteiger partial charge in [0.1, 0.15) is 6.04 Å². The van der Waals surface area contributed by atoms with Crippen molar-refractivity contribution in [3.8, 4) is 0 Å². The molecule has 0 saturated carbocycles. The predicted octanol–water partition coefficient (Wildman–Crippen LogP) is -0.525. The summed E-state index contributed by atoms with van der Waals surface area (Å²) in [5.41, 5.74) is 3.95. The van der Waals surface area contributed by atoms with Crippen LogP contribution in [0.2, 0.25) is 0 Å². The lowest BCUT2D eigenvalue weighted by molar-refractivity contribution is -0.140. The van der Waals surface area contributed by atoms with Crippen LogP contribution in [0, 0.1) is 0 Å². The third kappa shape index (κ3) is 6.74. The Labute approximate surface area is 146 Å². The van der Waals surface area contributed by atoms with Crippen LogP contribution >= 0.6 is 0 Å². The molecule has 0 bridgehead atoms. The zero-order chi connectivity index (χ0) is 18.3. The van der Waals surface area contributed by atoms with Crippen molar-refractivity contribution in [2.75, 3.05) is 19.7 Å². The van der Waals surface area contributed by atoms with E-state index in [9.17, 15) is 18.0 Å². The highest BCUT2D eigenvalue weighted by atomic mass is 32.3. The molecule has 4 N–H and O–H groups in total. The SMILES string of the molecule is O=C(NOC[C@@H]1CCCCN1)[C@@H]1CCCCN1C(=O)NOS(=O)(=O)O. The molecule has 2 rings (SSSR count). The summed E-state index contributed by atoms with van der Waals surface area (Å²) in [5.74, 6) is -0.488. The quantitative estimate of drug-likeness (QED) is 0.355. The van der Waals surface area contributed by atoms with Crippen LogP contribution in [0.4, 0.5) is 4.79 Å². The highest BCUT2D eigenvalue weighted by Crippen LogP contribution is 2.17. The minimum Gasteiger partial charge on any atom is -0.312 e. The molecule has 2 aliphatic heterocycles. The number of carbonyl (C=O) groups is 2. The van der Waals surface area contributed by atoms with E-state index in [0.29, 0.717) is 19.4 Å². The zero-order valence-corrected chi connectivity index (χ0v) is 14.6. The van der Waals surface area contributed by atoms with E-state index in [-0.39, 0.29) is 12.6 Å². The van der Waals surface area contributed by atoms with Gasteiger partial charge in [-0.3, -0.25) is 14.2 Å². The molecule has 0 spiro atoms. The maximum absolute atomic E-state index is 12.3. The fourth-order valence-electron chi connectivity index (χ4n) is 2.94. The molecular formula is C13H24N4O7S. The number of piperidine rings is 2. The third-order valence-electron chi connectivity index (χ3n) is 4.17. The molecule has 2 aliphatic rings. The summed E-state index contributed by atoms with van der Waals surface area (Å²) < 4.78 is 33.4. The second-order valence-electron chi connectivity index (χ2n) is 6.05. The smallest absolute Gasteiger partial charge is 0.312 e. The summed E-state index contributed by atoms with van der Waals surface area (Å²) in [6.07, 6.45) is 5.03. The summed E-state index contributed by atoms with van der Waals surface area (Å²) in [7, 11) is -4.81. The lowest BCUT2D eigenvalue weighted by Gasteiger charge is -2.34. The number of carbonyl (C=O) groups excluding carboxylic acids is 2. The summed E-state index contributed by atoms with van der Waals surface area (Å²) in [4.78, 5) is 30.6. The number of hydrogen-bond donors (Lipinski definition) is 4. The first-order chi connectivity index (χ1) is 11.9. The molecule has 0 radical (unpaired) electrons. The number of urea groups is 1. The molecule has 2 fully saturated rings. The van der Waals surface area contributed by atoms with Crippen LogP contribution < -0.4 is 16.3 Å².